The van der Waals surface area contributed by atoms with Gasteiger partial charge in [-0.25, -0.2) is 4.98 Å². The Morgan fingerprint density at radius 2 is 2.25 bits per heavy atom. The van der Waals surface area contributed by atoms with E-state index in [1.54, 1.807) is 12.1 Å². The molecule has 1 aromatic carbocycles. The maximum atomic E-state index is 11.0. The van der Waals surface area contributed by atoms with Gasteiger partial charge in [0.1, 0.15) is 10.9 Å². The molecule has 1 heterocycles. The van der Waals surface area contributed by atoms with Crippen molar-refractivity contribution in [2.75, 3.05) is 0 Å². The molecule has 0 saturated carbocycles. The predicted octanol–water partition coefficient (Wildman–Crippen LogP) is 4.90. The highest BCUT2D eigenvalue weighted by Gasteiger charge is 2.20. The fourth-order valence-corrected chi connectivity index (χ4v) is 3.58. The van der Waals surface area contributed by atoms with E-state index in [0.29, 0.717) is 12.4 Å². The fraction of sp³-hybridized carbons (Fsp3) is 0.400. The first kappa shape index (κ1) is 17.8. The van der Waals surface area contributed by atoms with Crippen molar-refractivity contribution in [1.29, 1.82) is 0 Å². The van der Waals surface area contributed by atoms with Crippen LogP contribution in [0, 0.1) is 10.1 Å². The number of aromatic nitrogens is 2. The molecule has 9 heteroatoms. The van der Waals surface area contributed by atoms with Crippen LogP contribution >= 0.6 is 11.8 Å². The summed E-state index contributed by atoms with van der Waals surface area (Å²) in [6.45, 7) is 6.92. The number of nitro groups is 1. The van der Waals surface area contributed by atoms with Crippen molar-refractivity contribution in [3.05, 3.63) is 56.3 Å². The molecule has 0 fully saturated rings. The topological polar surface area (TPSA) is 110 Å². The smallest absolute Gasteiger partial charge is 0.270 e. The zero-order valence-corrected chi connectivity index (χ0v) is 14.5. The third-order valence-corrected chi connectivity index (χ3v) is 4.52. The van der Waals surface area contributed by atoms with Crippen LogP contribution in [0.15, 0.2) is 39.3 Å². The van der Waals surface area contributed by atoms with Gasteiger partial charge in [0.25, 0.3) is 5.69 Å². The quantitative estimate of drug-likeness (QED) is 0.233. The molecule has 0 N–H and O–H groups in total. The van der Waals surface area contributed by atoms with E-state index in [0.717, 1.165) is 15.6 Å². The first-order valence-electron chi connectivity index (χ1n) is 7.50. The van der Waals surface area contributed by atoms with E-state index in [4.69, 9.17) is 5.53 Å². The van der Waals surface area contributed by atoms with E-state index in [2.05, 4.69) is 15.0 Å². The minimum absolute atomic E-state index is 0.0583. The van der Waals surface area contributed by atoms with Crippen LogP contribution in [0.5, 0.6) is 0 Å². The van der Waals surface area contributed by atoms with Crippen molar-refractivity contribution in [1.82, 2.24) is 9.55 Å². The summed E-state index contributed by atoms with van der Waals surface area (Å²) in [7, 11) is 0. The van der Waals surface area contributed by atoms with E-state index in [-0.39, 0.29) is 18.2 Å². The van der Waals surface area contributed by atoms with Crippen LogP contribution in [0.4, 0.5) is 5.69 Å². The van der Waals surface area contributed by atoms with Crippen molar-refractivity contribution < 1.29 is 4.92 Å². The highest BCUT2D eigenvalue weighted by molar-refractivity contribution is 7.99. The van der Waals surface area contributed by atoms with Gasteiger partial charge in [-0.15, -0.1) is 0 Å². The first-order chi connectivity index (χ1) is 11.5. The van der Waals surface area contributed by atoms with Gasteiger partial charge in [-0.2, -0.15) is 0 Å². The summed E-state index contributed by atoms with van der Waals surface area (Å²) in [6.07, 6.45) is 0. The zero-order chi connectivity index (χ0) is 17.7. The number of azide groups is 1. The van der Waals surface area contributed by atoms with Crippen molar-refractivity contribution in [3.63, 3.8) is 0 Å². The van der Waals surface area contributed by atoms with Crippen molar-refractivity contribution in [2.24, 2.45) is 5.11 Å². The molecule has 8 nitrogen and oxygen atoms in total. The number of imidazole rings is 1. The average Bonchev–Trinajstić information content (AvgIpc) is 2.90. The molecule has 0 unspecified atom stereocenters. The Hall–Kier alpha value is -2.51. The maximum absolute atomic E-state index is 11.0. The Labute approximate surface area is 143 Å². The number of hydrogen-bond acceptors (Lipinski definition) is 5. The van der Waals surface area contributed by atoms with Crippen molar-refractivity contribution in [3.8, 4) is 0 Å². The Morgan fingerprint density at radius 1 is 1.50 bits per heavy atom. The Balaban J connectivity index is 2.47. The molecular weight excluding hydrogens is 328 g/mol. The number of non-ortho nitro benzene ring substituents is 1. The van der Waals surface area contributed by atoms with Crippen LogP contribution in [0.25, 0.3) is 10.4 Å². The van der Waals surface area contributed by atoms with Crippen LogP contribution in [0.3, 0.4) is 0 Å². The van der Waals surface area contributed by atoms with E-state index in [9.17, 15) is 10.1 Å². The highest BCUT2D eigenvalue weighted by Crippen LogP contribution is 2.36. The summed E-state index contributed by atoms with van der Waals surface area (Å²) in [4.78, 5) is 18.7. The number of nitro benzene ring substituents is 1. The summed E-state index contributed by atoms with van der Waals surface area (Å²) >= 11 is 1.44. The summed E-state index contributed by atoms with van der Waals surface area (Å²) in [5.74, 6) is 0.885. The van der Waals surface area contributed by atoms with Crippen LogP contribution in [0.2, 0.25) is 0 Å². The first-order valence-corrected chi connectivity index (χ1v) is 8.32. The third-order valence-electron chi connectivity index (χ3n) is 3.41. The lowest BCUT2D eigenvalue weighted by Crippen LogP contribution is -2.02. The SMILES string of the molecule is CCn1c(CN=[N+]=[N-])nc(C(C)C)c1Sc1cccc([N+](=O)[O-])c1. The minimum Gasteiger partial charge on any atom is -0.323 e. The lowest BCUT2D eigenvalue weighted by molar-refractivity contribution is -0.385. The molecule has 0 aliphatic carbocycles. The van der Waals surface area contributed by atoms with Crippen molar-refractivity contribution in [2.45, 2.75) is 49.7 Å². The van der Waals surface area contributed by atoms with Crippen LogP contribution < -0.4 is 0 Å². The third kappa shape index (κ3) is 3.87. The number of hydrogen-bond donors (Lipinski definition) is 0. The monoisotopic (exact) mass is 346 g/mol. The van der Waals surface area contributed by atoms with E-state index < -0.39 is 4.92 Å². The maximum Gasteiger partial charge on any atom is 0.270 e. The number of nitrogens with zero attached hydrogens (tertiary/aromatic N) is 6. The van der Waals surface area contributed by atoms with Crippen LogP contribution in [-0.4, -0.2) is 14.5 Å². The molecule has 0 amide bonds. The predicted molar refractivity (Wildman–Crippen MR) is 92.1 cm³/mol. The van der Waals surface area contributed by atoms with Gasteiger partial charge in [-0.3, -0.25) is 10.1 Å². The molecule has 0 spiro atoms. The molecule has 2 aromatic rings. The lowest BCUT2D eigenvalue weighted by Gasteiger charge is -2.10. The lowest BCUT2D eigenvalue weighted by atomic mass is 10.1. The summed E-state index contributed by atoms with van der Waals surface area (Å²) in [5, 5.41) is 15.5. The number of benzene rings is 1. The molecule has 0 bridgehead atoms. The van der Waals surface area contributed by atoms with Gasteiger partial charge >= 0.3 is 0 Å². The Kier molecular flexibility index (Phi) is 5.83. The van der Waals surface area contributed by atoms with Gasteiger partial charge in [0.2, 0.25) is 0 Å². The summed E-state index contributed by atoms with van der Waals surface area (Å²) < 4.78 is 1.99. The summed E-state index contributed by atoms with van der Waals surface area (Å²) in [5.41, 5.74) is 9.50. The Morgan fingerprint density at radius 3 is 2.83 bits per heavy atom. The number of rotatable bonds is 7. The standard InChI is InChI=1S/C15H18N6O2S/c1-4-20-13(9-17-19-16)18-14(10(2)3)15(20)24-12-7-5-6-11(8-12)21(22)23/h5-8,10H,4,9H2,1-3H3. The van der Waals surface area contributed by atoms with Gasteiger partial charge in [-0.1, -0.05) is 36.8 Å². The fourth-order valence-electron chi connectivity index (χ4n) is 2.30. The summed E-state index contributed by atoms with van der Waals surface area (Å²) in [6, 6.07) is 6.53. The van der Waals surface area contributed by atoms with Gasteiger partial charge in [0, 0.05) is 28.5 Å². The molecule has 1 aromatic heterocycles. The van der Waals surface area contributed by atoms with E-state index in [1.807, 2.05) is 31.4 Å². The second-order valence-electron chi connectivity index (χ2n) is 5.36. The van der Waals surface area contributed by atoms with E-state index >= 15 is 0 Å². The Bertz CT molecular complexity index is 795. The average molecular weight is 346 g/mol. The molecular formula is C15H18N6O2S. The van der Waals surface area contributed by atoms with Gasteiger partial charge in [-0.05, 0) is 24.4 Å². The highest BCUT2D eigenvalue weighted by atomic mass is 32.2. The molecule has 0 atom stereocenters. The molecule has 0 saturated heterocycles. The second-order valence-corrected chi connectivity index (χ2v) is 6.43. The van der Waals surface area contributed by atoms with E-state index in [1.165, 1.54) is 17.8 Å². The van der Waals surface area contributed by atoms with Crippen LogP contribution in [0.1, 0.15) is 38.2 Å². The zero-order valence-electron chi connectivity index (χ0n) is 13.7. The van der Waals surface area contributed by atoms with Gasteiger partial charge in [0.05, 0.1) is 17.2 Å². The molecule has 0 radical (unpaired) electrons. The molecule has 126 valence electrons. The second kappa shape index (κ2) is 7.85. The molecule has 24 heavy (non-hydrogen) atoms. The van der Waals surface area contributed by atoms with Crippen LogP contribution in [-0.2, 0) is 13.1 Å². The largest absolute Gasteiger partial charge is 0.323 e. The normalized spacial score (nSPS) is 10.7. The molecule has 0 aliphatic heterocycles. The minimum atomic E-state index is -0.405. The van der Waals surface area contributed by atoms with Gasteiger partial charge in [0.15, 0.2) is 0 Å². The van der Waals surface area contributed by atoms with Gasteiger partial charge < -0.3 is 4.57 Å². The van der Waals surface area contributed by atoms with Crippen molar-refractivity contribution >= 4 is 17.4 Å². The molecule has 0 aliphatic rings. The molecule has 2 rings (SSSR count).